The Labute approximate surface area is 112 Å². The van der Waals surface area contributed by atoms with Crippen LogP contribution in [0, 0.1) is 0 Å². The van der Waals surface area contributed by atoms with Gasteiger partial charge in [0.25, 0.3) is 0 Å². The first-order chi connectivity index (χ1) is 8.98. The van der Waals surface area contributed by atoms with Gasteiger partial charge in [-0.2, -0.15) is 0 Å². The second-order valence-corrected chi connectivity index (χ2v) is 4.83. The molecule has 0 spiro atoms. The number of hydrogen-bond acceptors (Lipinski definition) is 3. The van der Waals surface area contributed by atoms with Crippen molar-refractivity contribution in [2.45, 2.75) is 12.9 Å². The molecule has 2 nitrogen and oxygen atoms in total. The molecule has 1 heterocycles. The molecule has 102 valence electrons. The maximum Gasteiger partial charge on any atom is 0.573 e. The molecule has 0 aliphatic heterocycles. The highest BCUT2D eigenvalue weighted by molar-refractivity contribution is 7.13. The summed E-state index contributed by atoms with van der Waals surface area (Å²) in [6.45, 7) is 0.770. The fourth-order valence-electron chi connectivity index (χ4n) is 1.64. The Morgan fingerprint density at radius 1 is 1.21 bits per heavy atom. The van der Waals surface area contributed by atoms with Crippen LogP contribution >= 0.6 is 11.3 Å². The third kappa shape index (κ3) is 3.97. The van der Waals surface area contributed by atoms with Gasteiger partial charge in [-0.3, -0.25) is 0 Å². The summed E-state index contributed by atoms with van der Waals surface area (Å²) in [5.74, 6) is -0.205. The molecule has 2 aromatic rings. The minimum atomic E-state index is -4.65. The molecule has 0 atom stereocenters. The Kier molecular flexibility index (Phi) is 4.11. The second kappa shape index (κ2) is 5.63. The molecule has 1 aromatic heterocycles. The number of hydrogen-bond donors (Lipinski definition) is 1. The molecule has 1 aromatic carbocycles. The molecule has 0 unspecified atom stereocenters. The zero-order valence-electron chi connectivity index (χ0n) is 10.1. The van der Waals surface area contributed by atoms with Gasteiger partial charge in [-0.25, -0.2) is 0 Å². The van der Waals surface area contributed by atoms with Crippen LogP contribution in [0.3, 0.4) is 0 Å². The molecule has 0 saturated heterocycles. The summed E-state index contributed by atoms with van der Waals surface area (Å²) in [7, 11) is 1.86. The molecule has 0 radical (unpaired) electrons. The minimum absolute atomic E-state index is 0.205. The molecule has 2 rings (SSSR count). The molecule has 0 aliphatic rings. The Bertz CT molecular complexity index is 534. The summed E-state index contributed by atoms with van der Waals surface area (Å²) < 4.78 is 39.9. The molecule has 1 N–H and O–H groups in total. The third-order valence-electron chi connectivity index (χ3n) is 2.41. The monoisotopic (exact) mass is 287 g/mol. The van der Waals surface area contributed by atoms with Crippen molar-refractivity contribution in [2.24, 2.45) is 0 Å². The van der Waals surface area contributed by atoms with Crippen LogP contribution in [-0.4, -0.2) is 13.4 Å². The Morgan fingerprint density at radius 3 is 2.47 bits per heavy atom. The normalized spacial score (nSPS) is 11.6. The van der Waals surface area contributed by atoms with E-state index in [1.165, 1.54) is 12.1 Å². The van der Waals surface area contributed by atoms with Crippen molar-refractivity contribution in [3.8, 4) is 16.2 Å². The van der Waals surface area contributed by atoms with Crippen molar-refractivity contribution in [2.75, 3.05) is 7.05 Å². The first-order valence-electron chi connectivity index (χ1n) is 5.56. The van der Waals surface area contributed by atoms with Crippen LogP contribution in [0.1, 0.15) is 5.56 Å². The smallest absolute Gasteiger partial charge is 0.406 e. The van der Waals surface area contributed by atoms with E-state index < -0.39 is 6.36 Å². The number of ether oxygens (including phenoxy) is 1. The molecule has 6 heteroatoms. The quantitative estimate of drug-likeness (QED) is 0.916. The average molecular weight is 287 g/mol. The van der Waals surface area contributed by atoms with Crippen molar-refractivity contribution >= 4 is 11.3 Å². The fraction of sp³-hybridized carbons (Fsp3) is 0.231. The van der Waals surface area contributed by atoms with Gasteiger partial charge in [-0.05, 0) is 53.9 Å². The fourth-order valence-corrected chi connectivity index (χ4v) is 2.57. The molecule has 0 fully saturated rings. The molecule has 19 heavy (non-hydrogen) atoms. The van der Waals surface area contributed by atoms with Crippen molar-refractivity contribution in [3.63, 3.8) is 0 Å². The van der Waals surface area contributed by atoms with E-state index >= 15 is 0 Å². The average Bonchev–Trinajstić information content (AvgIpc) is 2.77. The predicted octanol–water partition coefficient (Wildman–Crippen LogP) is 4.03. The van der Waals surface area contributed by atoms with E-state index in [2.05, 4.69) is 10.1 Å². The van der Waals surface area contributed by atoms with Gasteiger partial charge in [0.2, 0.25) is 0 Å². The Hall–Kier alpha value is -1.53. The summed E-state index contributed by atoms with van der Waals surface area (Å²) in [6.07, 6.45) is -4.65. The summed E-state index contributed by atoms with van der Waals surface area (Å²) >= 11 is 1.56. The number of alkyl halides is 3. The first kappa shape index (κ1) is 13.9. The van der Waals surface area contributed by atoms with E-state index in [1.807, 2.05) is 18.5 Å². The van der Waals surface area contributed by atoms with Crippen molar-refractivity contribution in [3.05, 3.63) is 41.3 Å². The summed E-state index contributed by atoms with van der Waals surface area (Å²) in [5, 5.41) is 5.07. The number of halogens is 3. The van der Waals surface area contributed by atoms with Gasteiger partial charge in [0.1, 0.15) is 5.75 Å². The largest absolute Gasteiger partial charge is 0.573 e. The summed E-state index contributed by atoms with van der Waals surface area (Å²) in [6, 6.07) is 7.90. The van der Waals surface area contributed by atoms with Crippen molar-refractivity contribution in [1.29, 1.82) is 0 Å². The molecule has 0 amide bonds. The van der Waals surface area contributed by atoms with Crippen molar-refractivity contribution < 1.29 is 17.9 Å². The summed E-state index contributed by atoms with van der Waals surface area (Å²) in [4.78, 5) is 1.02. The second-order valence-electron chi connectivity index (χ2n) is 3.92. The maximum absolute atomic E-state index is 12.0. The highest BCUT2D eigenvalue weighted by atomic mass is 32.1. The number of nitrogens with one attached hydrogen (secondary N) is 1. The molecule has 0 saturated carbocycles. The highest BCUT2D eigenvalue weighted by Crippen LogP contribution is 2.30. The van der Waals surface area contributed by atoms with E-state index in [9.17, 15) is 13.2 Å². The van der Waals surface area contributed by atoms with E-state index in [4.69, 9.17) is 0 Å². The van der Waals surface area contributed by atoms with E-state index in [0.29, 0.717) is 0 Å². The maximum atomic E-state index is 12.0. The van der Waals surface area contributed by atoms with Gasteiger partial charge in [0.15, 0.2) is 0 Å². The third-order valence-corrected chi connectivity index (χ3v) is 3.44. The zero-order valence-corrected chi connectivity index (χ0v) is 10.9. The predicted molar refractivity (Wildman–Crippen MR) is 69.2 cm³/mol. The lowest BCUT2D eigenvalue weighted by Crippen LogP contribution is -2.16. The van der Waals surface area contributed by atoms with Gasteiger partial charge < -0.3 is 10.1 Å². The minimum Gasteiger partial charge on any atom is -0.406 e. The van der Waals surface area contributed by atoms with Crippen LogP contribution in [0.5, 0.6) is 5.75 Å². The first-order valence-corrected chi connectivity index (χ1v) is 6.44. The number of rotatable bonds is 4. The molecule has 0 aliphatic carbocycles. The van der Waals surface area contributed by atoms with E-state index in [1.54, 1.807) is 23.5 Å². The van der Waals surface area contributed by atoms with Gasteiger partial charge in [-0.1, -0.05) is 0 Å². The van der Waals surface area contributed by atoms with Crippen LogP contribution in [0.25, 0.3) is 10.4 Å². The van der Waals surface area contributed by atoms with Gasteiger partial charge in [0.05, 0.1) is 0 Å². The van der Waals surface area contributed by atoms with Crippen LogP contribution < -0.4 is 10.1 Å². The van der Waals surface area contributed by atoms with Gasteiger partial charge in [0, 0.05) is 11.4 Å². The standard InChI is InChI=1S/C13H12F3NOS/c1-17-7-9-6-12(19-8-9)10-2-4-11(5-3-10)18-13(14,15)16/h2-6,8,17H,7H2,1H3. The summed E-state index contributed by atoms with van der Waals surface area (Å²) in [5.41, 5.74) is 2.03. The van der Waals surface area contributed by atoms with E-state index in [0.717, 1.165) is 22.5 Å². The van der Waals surface area contributed by atoms with Crippen molar-refractivity contribution in [1.82, 2.24) is 5.32 Å². The molecular weight excluding hydrogens is 275 g/mol. The Balaban J connectivity index is 2.13. The lowest BCUT2D eigenvalue weighted by atomic mass is 10.1. The lowest BCUT2D eigenvalue weighted by Gasteiger charge is -2.08. The van der Waals surface area contributed by atoms with Gasteiger partial charge in [-0.15, -0.1) is 24.5 Å². The van der Waals surface area contributed by atoms with Crippen LogP contribution in [-0.2, 0) is 6.54 Å². The van der Waals surface area contributed by atoms with E-state index in [-0.39, 0.29) is 5.75 Å². The number of benzene rings is 1. The molecule has 0 bridgehead atoms. The van der Waals surface area contributed by atoms with Crippen LogP contribution in [0.2, 0.25) is 0 Å². The molecular formula is C13H12F3NOS. The lowest BCUT2D eigenvalue weighted by molar-refractivity contribution is -0.274. The topological polar surface area (TPSA) is 21.3 Å². The van der Waals surface area contributed by atoms with Crippen LogP contribution in [0.4, 0.5) is 13.2 Å². The number of thiophene rings is 1. The van der Waals surface area contributed by atoms with Crippen LogP contribution in [0.15, 0.2) is 35.7 Å². The van der Waals surface area contributed by atoms with Gasteiger partial charge >= 0.3 is 6.36 Å². The zero-order chi connectivity index (χ0) is 13.9. The Morgan fingerprint density at radius 2 is 1.89 bits per heavy atom. The highest BCUT2D eigenvalue weighted by Gasteiger charge is 2.30. The SMILES string of the molecule is CNCc1csc(-c2ccc(OC(F)(F)F)cc2)c1.